The predicted octanol–water partition coefficient (Wildman–Crippen LogP) is 2.60. The molecule has 0 spiro atoms. The molecule has 0 saturated heterocycles. The fourth-order valence-corrected chi connectivity index (χ4v) is 1.95. The summed E-state index contributed by atoms with van der Waals surface area (Å²) in [5.74, 6) is 0.166. The van der Waals surface area contributed by atoms with Crippen LogP contribution in [0.3, 0.4) is 0 Å². The van der Waals surface area contributed by atoms with Gasteiger partial charge in [0, 0.05) is 19.5 Å². The van der Waals surface area contributed by atoms with Crippen molar-refractivity contribution in [2.24, 2.45) is 5.73 Å². The second kappa shape index (κ2) is 6.86. The Bertz CT molecular complexity index is 567. The minimum Gasteiger partial charge on any atom is -0.459 e. The maximum absolute atomic E-state index is 12.4. The standard InChI is InChI=1S/C15H16N2O2S/c16-14(20)8-9-17(11-12-5-2-1-3-6-12)15(18)13-7-4-10-19-13/h1-7,10H,8-9,11H2,(H2,16,20). The first-order valence-electron chi connectivity index (χ1n) is 6.32. The van der Waals surface area contributed by atoms with E-state index in [0.717, 1.165) is 5.56 Å². The second-order valence-corrected chi connectivity index (χ2v) is 4.93. The summed E-state index contributed by atoms with van der Waals surface area (Å²) in [4.78, 5) is 14.5. The Morgan fingerprint density at radius 2 is 1.95 bits per heavy atom. The van der Waals surface area contributed by atoms with Gasteiger partial charge in [-0.1, -0.05) is 42.5 Å². The molecule has 2 rings (SSSR count). The van der Waals surface area contributed by atoms with E-state index in [1.165, 1.54) is 6.26 Å². The summed E-state index contributed by atoms with van der Waals surface area (Å²) >= 11 is 4.88. The van der Waals surface area contributed by atoms with Crippen molar-refractivity contribution in [2.75, 3.05) is 6.54 Å². The fourth-order valence-electron chi connectivity index (χ4n) is 1.86. The molecule has 0 fully saturated rings. The first-order valence-corrected chi connectivity index (χ1v) is 6.72. The van der Waals surface area contributed by atoms with Crippen molar-refractivity contribution in [3.05, 3.63) is 60.1 Å². The summed E-state index contributed by atoms with van der Waals surface area (Å²) in [6.07, 6.45) is 1.98. The summed E-state index contributed by atoms with van der Waals surface area (Å²) in [6.45, 7) is 0.979. The van der Waals surface area contributed by atoms with Crippen molar-refractivity contribution in [3.8, 4) is 0 Å². The van der Waals surface area contributed by atoms with Crippen molar-refractivity contribution in [1.29, 1.82) is 0 Å². The van der Waals surface area contributed by atoms with Crippen LogP contribution in [-0.4, -0.2) is 22.3 Å². The SMILES string of the molecule is NC(=S)CCN(Cc1ccccc1)C(=O)c1ccco1. The average Bonchev–Trinajstić information content (AvgIpc) is 2.97. The monoisotopic (exact) mass is 288 g/mol. The van der Waals surface area contributed by atoms with E-state index in [1.54, 1.807) is 17.0 Å². The van der Waals surface area contributed by atoms with Crippen molar-refractivity contribution in [1.82, 2.24) is 4.90 Å². The topological polar surface area (TPSA) is 59.5 Å². The number of carbonyl (C=O) groups excluding carboxylic acids is 1. The number of nitrogens with zero attached hydrogens (tertiary/aromatic N) is 1. The van der Waals surface area contributed by atoms with E-state index < -0.39 is 0 Å². The molecule has 1 amide bonds. The molecule has 0 saturated carbocycles. The number of nitrogens with two attached hydrogens (primary N) is 1. The summed E-state index contributed by atoms with van der Waals surface area (Å²) in [6, 6.07) is 13.1. The highest BCUT2D eigenvalue weighted by molar-refractivity contribution is 7.80. The van der Waals surface area contributed by atoms with Gasteiger partial charge in [-0.3, -0.25) is 4.79 Å². The third kappa shape index (κ3) is 3.93. The van der Waals surface area contributed by atoms with Crippen LogP contribution < -0.4 is 5.73 Å². The number of amides is 1. The minimum absolute atomic E-state index is 0.157. The van der Waals surface area contributed by atoms with E-state index in [4.69, 9.17) is 22.4 Å². The van der Waals surface area contributed by atoms with Crippen molar-refractivity contribution < 1.29 is 9.21 Å². The number of hydrogen-bond acceptors (Lipinski definition) is 3. The molecule has 0 aliphatic heterocycles. The quantitative estimate of drug-likeness (QED) is 0.830. The molecule has 1 aromatic carbocycles. The average molecular weight is 288 g/mol. The summed E-state index contributed by atoms with van der Waals surface area (Å²) in [5.41, 5.74) is 6.57. The lowest BCUT2D eigenvalue weighted by Gasteiger charge is -2.21. The van der Waals surface area contributed by atoms with E-state index >= 15 is 0 Å². The maximum Gasteiger partial charge on any atom is 0.289 e. The van der Waals surface area contributed by atoms with E-state index in [1.807, 2.05) is 30.3 Å². The molecule has 2 aromatic rings. The van der Waals surface area contributed by atoms with E-state index in [2.05, 4.69) is 0 Å². The Kier molecular flexibility index (Phi) is 4.90. The smallest absolute Gasteiger partial charge is 0.289 e. The van der Waals surface area contributed by atoms with Crippen LogP contribution in [0.4, 0.5) is 0 Å². The Labute approximate surface area is 123 Å². The predicted molar refractivity (Wildman–Crippen MR) is 81.3 cm³/mol. The molecule has 4 nitrogen and oxygen atoms in total. The van der Waals surface area contributed by atoms with Crippen molar-refractivity contribution in [3.63, 3.8) is 0 Å². The third-order valence-corrected chi connectivity index (χ3v) is 3.07. The molecule has 20 heavy (non-hydrogen) atoms. The van der Waals surface area contributed by atoms with Gasteiger partial charge < -0.3 is 15.1 Å². The number of thiocarbonyl (C=S) groups is 1. The van der Waals surface area contributed by atoms with Gasteiger partial charge in [0.1, 0.15) is 0 Å². The van der Waals surface area contributed by atoms with Gasteiger partial charge in [-0.15, -0.1) is 0 Å². The number of hydrogen-bond donors (Lipinski definition) is 1. The van der Waals surface area contributed by atoms with Gasteiger partial charge in [-0.25, -0.2) is 0 Å². The molecule has 5 heteroatoms. The van der Waals surface area contributed by atoms with Crippen molar-refractivity contribution in [2.45, 2.75) is 13.0 Å². The molecule has 1 heterocycles. The molecule has 0 radical (unpaired) electrons. The summed E-state index contributed by atoms with van der Waals surface area (Å²) in [5, 5.41) is 0. The summed E-state index contributed by atoms with van der Waals surface area (Å²) in [7, 11) is 0. The zero-order valence-corrected chi connectivity index (χ0v) is 11.8. The largest absolute Gasteiger partial charge is 0.459 e. The highest BCUT2D eigenvalue weighted by Crippen LogP contribution is 2.11. The van der Waals surface area contributed by atoms with Crippen LogP contribution in [0.2, 0.25) is 0 Å². The van der Waals surface area contributed by atoms with Crippen LogP contribution in [0.1, 0.15) is 22.5 Å². The molecule has 1 aromatic heterocycles. The minimum atomic E-state index is -0.157. The van der Waals surface area contributed by atoms with Gasteiger partial charge in [0.05, 0.1) is 11.3 Å². The van der Waals surface area contributed by atoms with Crippen LogP contribution in [0.5, 0.6) is 0 Å². The van der Waals surface area contributed by atoms with E-state index in [0.29, 0.717) is 30.3 Å². The van der Waals surface area contributed by atoms with Gasteiger partial charge in [-0.05, 0) is 17.7 Å². The van der Waals surface area contributed by atoms with Crippen LogP contribution in [0, 0.1) is 0 Å². The lowest BCUT2D eigenvalue weighted by molar-refractivity contribution is 0.0716. The van der Waals surface area contributed by atoms with Crippen molar-refractivity contribution >= 4 is 23.1 Å². The molecule has 0 aliphatic rings. The van der Waals surface area contributed by atoms with Gasteiger partial charge in [-0.2, -0.15) is 0 Å². The molecular weight excluding hydrogens is 272 g/mol. The lowest BCUT2D eigenvalue weighted by Crippen LogP contribution is -2.33. The molecule has 0 aliphatic carbocycles. The van der Waals surface area contributed by atoms with Gasteiger partial charge in [0.2, 0.25) is 0 Å². The number of carbonyl (C=O) groups is 1. The Morgan fingerprint density at radius 3 is 2.55 bits per heavy atom. The Balaban J connectivity index is 2.12. The number of rotatable bonds is 6. The van der Waals surface area contributed by atoms with E-state index in [-0.39, 0.29) is 5.91 Å². The van der Waals surface area contributed by atoms with Gasteiger partial charge in [0.15, 0.2) is 5.76 Å². The first-order chi connectivity index (χ1) is 9.66. The zero-order chi connectivity index (χ0) is 14.4. The number of benzene rings is 1. The second-order valence-electron chi connectivity index (χ2n) is 4.41. The molecule has 2 N–H and O–H groups in total. The highest BCUT2D eigenvalue weighted by Gasteiger charge is 2.18. The van der Waals surface area contributed by atoms with Gasteiger partial charge >= 0.3 is 0 Å². The maximum atomic E-state index is 12.4. The number of furan rings is 1. The molecule has 0 atom stereocenters. The third-order valence-electron chi connectivity index (χ3n) is 2.86. The van der Waals surface area contributed by atoms with E-state index in [9.17, 15) is 4.79 Å². The fraction of sp³-hybridized carbons (Fsp3) is 0.200. The van der Waals surface area contributed by atoms with Crippen LogP contribution in [0.15, 0.2) is 53.1 Å². The molecule has 0 unspecified atom stereocenters. The highest BCUT2D eigenvalue weighted by atomic mass is 32.1. The first kappa shape index (κ1) is 14.3. The van der Waals surface area contributed by atoms with Crippen LogP contribution in [-0.2, 0) is 6.54 Å². The Morgan fingerprint density at radius 1 is 1.20 bits per heavy atom. The summed E-state index contributed by atoms with van der Waals surface area (Å²) < 4.78 is 5.17. The lowest BCUT2D eigenvalue weighted by atomic mass is 10.2. The molecule has 0 bridgehead atoms. The Hall–Kier alpha value is -2.14. The normalized spacial score (nSPS) is 10.2. The van der Waals surface area contributed by atoms with Crippen LogP contribution >= 0.6 is 12.2 Å². The van der Waals surface area contributed by atoms with Crippen LogP contribution in [0.25, 0.3) is 0 Å². The van der Waals surface area contributed by atoms with Gasteiger partial charge in [0.25, 0.3) is 5.91 Å². The molecular formula is C15H16N2O2S. The molecule has 104 valence electrons. The zero-order valence-electron chi connectivity index (χ0n) is 11.0.